The van der Waals surface area contributed by atoms with Crippen molar-refractivity contribution < 1.29 is 22.3 Å². The van der Waals surface area contributed by atoms with Crippen LogP contribution in [0.1, 0.15) is 25.3 Å². The Balaban J connectivity index is 1.55. The number of benzene rings is 2. The Morgan fingerprint density at radius 2 is 1.77 bits per heavy atom. The number of nitrogens with zero attached hydrogens (tertiary/aromatic N) is 2. The Bertz CT molecular complexity index is 1050. The minimum atomic E-state index is -3.84. The van der Waals surface area contributed by atoms with E-state index in [0.29, 0.717) is 12.4 Å². The minimum absolute atomic E-state index is 0.111. The third kappa shape index (κ3) is 4.81. The van der Waals surface area contributed by atoms with E-state index in [1.54, 1.807) is 30.3 Å². The van der Waals surface area contributed by atoms with Crippen LogP contribution in [0.3, 0.4) is 0 Å². The van der Waals surface area contributed by atoms with Gasteiger partial charge in [0.25, 0.3) is 0 Å². The molecule has 0 unspecified atom stereocenters. The lowest BCUT2D eigenvalue weighted by Crippen LogP contribution is -2.52. The number of ketones is 1. The van der Waals surface area contributed by atoms with Gasteiger partial charge in [0.1, 0.15) is 22.2 Å². The van der Waals surface area contributed by atoms with E-state index in [4.69, 9.17) is 4.74 Å². The molecule has 2 aliphatic rings. The number of hydrogen-bond donors (Lipinski definition) is 0. The van der Waals surface area contributed by atoms with E-state index in [0.717, 1.165) is 38.0 Å². The molecule has 0 amide bonds. The largest absolute Gasteiger partial charge is 0.492 e. The number of Topliss-reactive ketones (excluding diaryl/α,β-unsaturated/α-hetero) is 1. The minimum Gasteiger partial charge on any atom is -0.492 e. The summed E-state index contributed by atoms with van der Waals surface area (Å²) in [6.45, 7) is 4.19. The molecule has 2 heterocycles. The topological polar surface area (TPSA) is 66.9 Å². The van der Waals surface area contributed by atoms with Gasteiger partial charge in [0.15, 0.2) is 0 Å². The summed E-state index contributed by atoms with van der Waals surface area (Å²) in [5.74, 6) is -0.101. The molecule has 0 atom stereocenters. The van der Waals surface area contributed by atoms with Crippen LogP contribution < -0.4 is 4.74 Å². The predicted octanol–water partition coefficient (Wildman–Crippen LogP) is 3.08. The Labute approximate surface area is 182 Å². The standard InChI is InChI=1S/C23H27FN2O4S/c1-18(27)14-26-16-23(17-30-21-4-2-3-5-22(21)31(26,28)29)10-12-25(13-11-23)15-19-6-8-20(24)9-7-19/h2-9H,10-17H2,1H3. The van der Waals surface area contributed by atoms with Gasteiger partial charge in [-0.1, -0.05) is 24.3 Å². The molecule has 2 aliphatic heterocycles. The number of para-hydroxylation sites is 1. The van der Waals surface area contributed by atoms with E-state index in [1.807, 2.05) is 0 Å². The fraction of sp³-hybridized carbons (Fsp3) is 0.435. The lowest BCUT2D eigenvalue weighted by Gasteiger charge is -2.44. The zero-order valence-electron chi connectivity index (χ0n) is 17.6. The van der Waals surface area contributed by atoms with Crippen molar-refractivity contribution in [3.63, 3.8) is 0 Å². The van der Waals surface area contributed by atoms with Crippen LogP contribution in [-0.2, 0) is 21.4 Å². The molecular formula is C23H27FN2O4S. The van der Waals surface area contributed by atoms with Gasteiger partial charge in [-0.2, -0.15) is 4.31 Å². The molecular weight excluding hydrogens is 419 g/mol. The first-order valence-electron chi connectivity index (χ1n) is 10.5. The number of carbonyl (C=O) groups excluding carboxylic acids is 1. The van der Waals surface area contributed by atoms with Crippen LogP contribution in [-0.4, -0.2) is 56.2 Å². The summed E-state index contributed by atoms with van der Waals surface area (Å²) in [4.78, 5) is 14.3. The number of rotatable bonds is 4. The second-order valence-corrected chi connectivity index (χ2v) is 10.5. The molecule has 0 N–H and O–H groups in total. The Kier molecular flexibility index (Phi) is 6.14. The Morgan fingerprint density at radius 1 is 1.10 bits per heavy atom. The highest BCUT2D eigenvalue weighted by Gasteiger charge is 2.43. The first-order chi connectivity index (χ1) is 14.8. The van der Waals surface area contributed by atoms with E-state index in [1.165, 1.54) is 29.4 Å². The summed E-state index contributed by atoms with van der Waals surface area (Å²) in [7, 11) is -3.84. The zero-order valence-corrected chi connectivity index (χ0v) is 18.4. The summed E-state index contributed by atoms with van der Waals surface area (Å²) in [6.07, 6.45) is 1.50. The number of piperidine rings is 1. The van der Waals surface area contributed by atoms with Gasteiger partial charge < -0.3 is 4.74 Å². The van der Waals surface area contributed by atoms with Gasteiger partial charge in [0, 0.05) is 18.5 Å². The fourth-order valence-electron chi connectivity index (χ4n) is 4.38. The molecule has 6 nitrogen and oxygen atoms in total. The van der Waals surface area contributed by atoms with Crippen molar-refractivity contribution in [2.45, 2.75) is 31.2 Å². The quantitative estimate of drug-likeness (QED) is 0.722. The second-order valence-electron chi connectivity index (χ2n) is 8.61. The fourth-order valence-corrected chi connectivity index (χ4v) is 6.09. The van der Waals surface area contributed by atoms with Gasteiger partial charge in [-0.05, 0) is 62.7 Å². The highest BCUT2D eigenvalue weighted by Crippen LogP contribution is 2.39. The number of ether oxygens (including phenoxy) is 1. The zero-order chi connectivity index (χ0) is 22.1. The smallest absolute Gasteiger partial charge is 0.247 e. The maximum atomic E-state index is 13.3. The van der Waals surface area contributed by atoms with Crippen LogP contribution in [0, 0.1) is 11.2 Å². The molecule has 31 heavy (non-hydrogen) atoms. The van der Waals surface area contributed by atoms with Gasteiger partial charge in [0.05, 0.1) is 13.2 Å². The van der Waals surface area contributed by atoms with Crippen LogP contribution >= 0.6 is 0 Å². The number of fused-ring (bicyclic) bond motifs is 1. The van der Waals surface area contributed by atoms with E-state index >= 15 is 0 Å². The molecule has 0 radical (unpaired) electrons. The number of hydrogen-bond acceptors (Lipinski definition) is 5. The molecule has 1 spiro atoms. The molecule has 0 saturated carbocycles. The van der Waals surface area contributed by atoms with Gasteiger partial charge in [-0.3, -0.25) is 9.69 Å². The van der Waals surface area contributed by atoms with Crippen molar-refractivity contribution >= 4 is 15.8 Å². The van der Waals surface area contributed by atoms with Crippen LogP contribution in [0.15, 0.2) is 53.4 Å². The average molecular weight is 447 g/mol. The van der Waals surface area contributed by atoms with E-state index < -0.39 is 10.0 Å². The molecule has 0 aliphatic carbocycles. The lowest BCUT2D eigenvalue weighted by atomic mass is 9.78. The molecule has 8 heteroatoms. The predicted molar refractivity (Wildman–Crippen MR) is 115 cm³/mol. The summed E-state index contributed by atoms with van der Waals surface area (Å²) in [5.41, 5.74) is 0.677. The van der Waals surface area contributed by atoms with Gasteiger partial charge >= 0.3 is 0 Å². The van der Waals surface area contributed by atoms with Crippen molar-refractivity contribution in [1.82, 2.24) is 9.21 Å². The second kappa shape index (κ2) is 8.68. The highest BCUT2D eigenvalue weighted by atomic mass is 32.2. The summed E-state index contributed by atoms with van der Waals surface area (Å²) in [6, 6.07) is 13.1. The number of likely N-dealkylation sites (tertiary alicyclic amines) is 1. The molecule has 166 valence electrons. The molecule has 4 rings (SSSR count). The van der Waals surface area contributed by atoms with Gasteiger partial charge in [0.2, 0.25) is 10.0 Å². The Hall–Kier alpha value is -2.29. The van der Waals surface area contributed by atoms with Gasteiger partial charge in [-0.25, -0.2) is 12.8 Å². The molecule has 2 aromatic rings. The van der Waals surface area contributed by atoms with Crippen LogP contribution in [0.25, 0.3) is 0 Å². The van der Waals surface area contributed by atoms with Crippen LogP contribution in [0.4, 0.5) is 4.39 Å². The third-order valence-electron chi connectivity index (χ3n) is 6.15. The maximum Gasteiger partial charge on any atom is 0.247 e. The lowest BCUT2D eigenvalue weighted by molar-refractivity contribution is -0.117. The first kappa shape index (κ1) is 21.9. The van der Waals surface area contributed by atoms with E-state index in [2.05, 4.69) is 4.90 Å². The normalized spacial score (nSPS) is 21.0. The van der Waals surface area contributed by atoms with Crippen molar-refractivity contribution in [2.24, 2.45) is 5.41 Å². The van der Waals surface area contributed by atoms with Crippen molar-refractivity contribution in [1.29, 1.82) is 0 Å². The molecule has 2 aromatic carbocycles. The summed E-state index contributed by atoms with van der Waals surface area (Å²) in [5, 5.41) is 0. The molecule has 1 fully saturated rings. The Morgan fingerprint density at radius 3 is 2.45 bits per heavy atom. The number of carbonyl (C=O) groups is 1. The monoisotopic (exact) mass is 446 g/mol. The molecule has 1 saturated heterocycles. The highest BCUT2D eigenvalue weighted by molar-refractivity contribution is 7.89. The van der Waals surface area contributed by atoms with Crippen LogP contribution in [0.2, 0.25) is 0 Å². The third-order valence-corrected chi connectivity index (χ3v) is 7.98. The SMILES string of the molecule is CC(=O)CN1CC2(CCN(Cc3ccc(F)cc3)CC2)COc2ccccc2S1(=O)=O. The van der Waals surface area contributed by atoms with Crippen molar-refractivity contribution in [3.8, 4) is 5.75 Å². The molecule has 0 bridgehead atoms. The number of sulfonamides is 1. The van der Waals surface area contributed by atoms with Crippen molar-refractivity contribution in [2.75, 3.05) is 32.8 Å². The van der Waals surface area contributed by atoms with Gasteiger partial charge in [-0.15, -0.1) is 0 Å². The van der Waals surface area contributed by atoms with E-state index in [9.17, 15) is 17.6 Å². The maximum absolute atomic E-state index is 13.3. The molecule has 0 aromatic heterocycles. The summed E-state index contributed by atoms with van der Waals surface area (Å²) >= 11 is 0. The van der Waals surface area contributed by atoms with Crippen molar-refractivity contribution in [3.05, 3.63) is 59.9 Å². The summed E-state index contributed by atoms with van der Waals surface area (Å²) < 4.78 is 47.2. The van der Waals surface area contributed by atoms with Crippen LogP contribution in [0.5, 0.6) is 5.75 Å². The average Bonchev–Trinajstić information content (AvgIpc) is 2.74. The first-order valence-corrected chi connectivity index (χ1v) is 11.9. The van der Waals surface area contributed by atoms with E-state index in [-0.39, 0.29) is 35.0 Å². The number of halogens is 1.